The lowest BCUT2D eigenvalue weighted by Crippen LogP contribution is -2.19. The predicted molar refractivity (Wildman–Crippen MR) is 185 cm³/mol. The summed E-state index contributed by atoms with van der Waals surface area (Å²) in [6.07, 6.45) is 4.68. The van der Waals surface area contributed by atoms with Gasteiger partial charge in [-0.3, -0.25) is 4.99 Å². The first-order valence-corrected chi connectivity index (χ1v) is 16.1. The number of benzene rings is 4. The van der Waals surface area contributed by atoms with Gasteiger partial charge in [0.15, 0.2) is 0 Å². The lowest BCUT2D eigenvalue weighted by molar-refractivity contribution is 0.575. The van der Waals surface area contributed by atoms with E-state index in [1.807, 2.05) is 11.3 Å². The number of rotatable bonds is 7. The van der Waals surface area contributed by atoms with E-state index in [1.54, 1.807) is 0 Å². The molecular weight excluding hydrogens is 515 g/mol. The molecule has 0 aliphatic carbocycles. The summed E-state index contributed by atoms with van der Waals surface area (Å²) in [5.41, 5.74) is 8.07. The van der Waals surface area contributed by atoms with Gasteiger partial charge in [-0.1, -0.05) is 133 Å². The van der Waals surface area contributed by atoms with Crippen LogP contribution in [0.25, 0.3) is 32.0 Å². The molecule has 0 spiro atoms. The second kappa shape index (κ2) is 13.6. The Kier molecular flexibility index (Phi) is 10.2. The third-order valence-corrected chi connectivity index (χ3v) is 9.31. The second-order valence-electron chi connectivity index (χ2n) is 12.4. The minimum absolute atomic E-state index is 0.129. The first kappa shape index (κ1) is 30.7. The van der Waals surface area contributed by atoms with E-state index >= 15 is 0 Å². The van der Waals surface area contributed by atoms with E-state index < -0.39 is 0 Å². The number of hydrogen-bond donors (Lipinski definition) is 0. The van der Waals surface area contributed by atoms with Gasteiger partial charge in [-0.25, -0.2) is 0 Å². The number of thiophene rings is 1. The molecule has 0 aliphatic heterocycles. The fraction of sp³-hybridized carbons (Fsp3) is 0.359. The van der Waals surface area contributed by atoms with Crippen molar-refractivity contribution >= 4 is 43.6 Å². The normalized spacial score (nSPS) is 12.8. The molecule has 0 N–H and O–H groups in total. The van der Waals surface area contributed by atoms with E-state index in [4.69, 9.17) is 4.99 Å². The number of hydrogen-bond acceptors (Lipinski definition) is 2. The molecule has 0 fully saturated rings. The van der Waals surface area contributed by atoms with Crippen molar-refractivity contribution in [1.82, 2.24) is 0 Å². The molecule has 0 aliphatic rings. The topological polar surface area (TPSA) is 12.4 Å². The summed E-state index contributed by atoms with van der Waals surface area (Å²) in [7, 11) is 0. The number of fused-ring (bicyclic) bond motifs is 2. The largest absolute Gasteiger partial charge is 0.255 e. The Morgan fingerprint density at radius 1 is 0.756 bits per heavy atom. The first-order valence-electron chi connectivity index (χ1n) is 15.3. The minimum atomic E-state index is 0.129. The minimum Gasteiger partial charge on any atom is -0.255 e. The van der Waals surface area contributed by atoms with Gasteiger partial charge in [0.25, 0.3) is 0 Å². The van der Waals surface area contributed by atoms with E-state index in [0.717, 1.165) is 12.8 Å². The molecule has 1 aromatic heterocycles. The van der Waals surface area contributed by atoms with E-state index in [2.05, 4.69) is 140 Å². The van der Waals surface area contributed by atoms with Crippen molar-refractivity contribution in [3.8, 4) is 11.1 Å². The summed E-state index contributed by atoms with van der Waals surface area (Å²) in [6, 6.07) is 30.4. The fourth-order valence-corrected chi connectivity index (χ4v) is 6.86. The Hall–Kier alpha value is -3.23. The van der Waals surface area contributed by atoms with Crippen molar-refractivity contribution in [2.45, 2.75) is 87.0 Å². The lowest BCUT2D eigenvalue weighted by Gasteiger charge is -2.22. The van der Waals surface area contributed by atoms with Gasteiger partial charge in [0.1, 0.15) is 0 Å². The highest BCUT2D eigenvalue weighted by atomic mass is 32.1. The molecular formula is C39H47NS. The zero-order valence-corrected chi connectivity index (χ0v) is 27.2. The average Bonchev–Trinajstić information content (AvgIpc) is 3.32. The highest BCUT2D eigenvalue weighted by Gasteiger charge is 2.22. The van der Waals surface area contributed by atoms with Gasteiger partial charge in [-0.2, -0.15) is 0 Å². The highest BCUT2D eigenvalue weighted by molar-refractivity contribution is 7.19. The Morgan fingerprint density at radius 2 is 1.41 bits per heavy atom. The first-order chi connectivity index (χ1) is 19.7. The van der Waals surface area contributed by atoms with E-state index in [0.29, 0.717) is 5.92 Å². The third kappa shape index (κ3) is 7.16. The van der Waals surface area contributed by atoms with Crippen molar-refractivity contribution in [2.24, 2.45) is 10.4 Å². The monoisotopic (exact) mass is 561 g/mol. The summed E-state index contributed by atoms with van der Waals surface area (Å²) < 4.78 is 1.37. The molecule has 0 saturated carbocycles. The summed E-state index contributed by atoms with van der Waals surface area (Å²) in [5, 5.41) is 3.97. The zero-order valence-electron chi connectivity index (χ0n) is 26.3. The van der Waals surface area contributed by atoms with Crippen LogP contribution in [0.3, 0.4) is 0 Å². The van der Waals surface area contributed by atoms with Gasteiger partial charge < -0.3 is 0 Å². The lowest BCUT2D eigenvalue weighted by atomic mass is 9.87. The maximum atomic E-state index is 5.24. The van der Waals surface area contributed by atoms with Gasteiger partial charge in [0, 0.05) is 26.1 Å². The molecule has 0 amide bonds. The molecule has 1 heterocycles. The van der Waals surface area contributed by atoms with Gasteiger partial charge >= 0.3 is 0 Å². The van der Waals surface area contributed by atoms with Crippen molar-refractivity contribution in [1.29, 1.82) is 0 Å². The quantitative estimate of drug-likeness (QED) is 0.175. The van der Waals surface area contributed by atoms with Crippen LogP contribution in [0.15, 0.2) is 89.9 Å². The molecule has 0 bridgehead atoms. The van der Waals surface area contributed by atoms with Crippen LogP contribution < -0.4 is 0 Å². The maximum absolute atomic E-state index is 5.24. The summed E-state index contributed by atoms with van der Waals surface area (Å²) in [6.45, 7) is 18.1. The molecule has 0 radical (unpaired) electrons. The molecule has 5 aromatic rings. The summed E-state index contributed by atoms with van der Waals surface area (Å²) >= 11 is 1.94. The molecule has 0 saturated heterocycles. The molecule has 5 rings (SSSR count). The molecule has 1 atom stereocenters. The Morgan fingerprint density at radius 3 is 2.10 bits per heavy atom. The highest BCUT2D eigenvalue weighted by Crippen LogP contribution is 2.44. The smallest absolute Gasteiger partial charge is 0.0849 e. The third-order valence-electron chi connectivity index (χ3n) is 7.92. The van der Waals surface area contributed by atoms with E-state index in [1.165, 1.54) is 72.2 Å². The number of aliphatic imine (C=N–C) groups is 1. The van der Waals surface area contributed by atoms with E-state index in [9.17, 15) is 0 Å². The van der Waals surface area contributed by atoms with Gasteiger partial charge in [-0.05, 0) is 71.7 Å². The van der Waals surface area contributed by atoms with Crippen LogP contribution in [-0.2, 0) is 0 Å². The Balaban J connectivity index is 0.000000194. The summed E-state index contributed by atoms with van der Waals surface area (Å²) in [4.78, 5) is 6.70. The fourth-order valence-electron chi connectivity index (χ4n) is 5.63. The van der Waals surface area contributed by atoms with Crippen molar-refractivity contribution in [3.63, 3.8) is 0 Å². The Labute approximate surface area is 252 Å². The van der Waals surface area contributed by atoms with Crippen molar-refractivity contribution in [2.75, 3.05) is 0 Å². The van der Waals surface area contributed by atoms with Crippen molar-refractivity contribution in [3.05, 3.63) is 101 Å². The molecule has 1 nitrogen and oxygen atoms in total. The van der Waals surface area contributed by atoms with Crippen LogP contribution >= 0.6 is 11.3 Å². The second-order valence-corrected chi connectivity index (χ2v) is 13.4. The number of nitrogens with zero attached hydrogens (tertiary/aromatic N) is 1. The average molecular weight is 562 g/mol. The SMILES string of the molecule is CCCC(=Nc1c(C(C)CCC)sc2ccccc12)C(C)(C)C.Cc1ccccc1-c1c(C)ccc2ccccc12. The van der Waals surface area contributed by atoms with Crippen LogP contribution in [0.5, 0.6) is 0 Å². The molecule has 41 heavy (non-hydrogen) atoms. The van der Waals surface area contributed by atoms with Gasteiger partial charge in [-0.15, -0.1) is 11.3 Å². The zero-order chi connectivity index (χ0) is 29.6. The van der Waals surface area contributed by atoms with Crippen molar-refractivity contribution < 1.29 is 0 Å². The molecule has 4 aromatic carbocycles. The standard InChI is InChI=1S/C21H31NS.C18H16/c1-7-11-15(3)20-19(16-13-9-10-14-17(16)23-20)22-18(12-8-2)21(4,5)6;1-13-7-3-5-9-16(13)18-14(2)11-12-15-8-4-6-10-17(15)18/h9-10,13-15H,7-8,11-12H2,1-6H3;3-12H,1-2H3. The maximum Gasteiger partial charge on any atom is 0.0849 e. The van der Waals surface area contributed by atoms with Gasteiger partial charge in [0.2, 0.25) is 0 Å². The summed E-state index contributed by atoms with van der Waals surface area (Å²) in [5.74, 6) is 0.582. The van der Waals surface area contributed by atoms with Crippen LogP contribution in [0.4, 0.5) is 5.69 Å². The van der Waals surface area contributed by atoms with Gasteiger partial charge in [0.05, 0.1) is 5.69 Å². The molecule has 214 valence electrons. The Bertz CT molecular complexity index is 1630. The van der Waals surface area contributed by atoms with Crippen LogP contribution in [0, 0.1) is 19.3 Å². The predicted octanol–water partition coefficient (Wildman–Crippen LogP) is 12.8. The van der Waals surface area contributed by atoms with E-state index in [-0.39, 0.29) is 5.41 Å². The molecule has 2 heteroatoms. The number of aryl methyl sites for hydroxylation is 2. The van der Waals surface area contributed by atoms with Crippen LogP contribution in [0.1, 0.15) is 89.1 Å². The van der Waals surface area contributed by atoms with Crippen LogP contribution in [0.2, 0.25) is 0 Å². The van der Waals surface area contributed by atoms with Crippen LogP contribution in [-0.4, -0.2) is 5.71 Å². The molecule has 1 unspecified atom stereocenters.